The Morgan fingerprint density at radius 2 is 2.18 bits per heavy atom. The maximum Gasteiger partial charge on any atom is 0.310 e. The Labute approximate surface area is 135 Å². The number of nitrogens with zero attached hydrogens (tertiary/aromatic N) is 3. The van der Waals surface area contributed by atoms with E-state index in [0.717, 1.165) is 24.2 Å². The van der Waals surface area contributed by atoms with E-state index in [1.165, 1.54) is 10.8 Å². The quantitative estimate of drug-likeness (QED) is 0.914. The lowest BCUT2D eigenvalue weighted by Crippen LogP contribution is -2.41. The van der Waals surface area contributed by atoms with Gasteiger partial charge in [0, 0.05) is 25.9 Å². The molecular weight excluding hydrogens is 326 g/mol. The van der Waals surface area contributed by atoms with Crippen molar-refractivity contribution in [3.8, 4) is 0 Å². The molecule has 1 saturated heterocycles. The number of amides is 1. The summed E-state index contributed by atoms with van der Waals surface area (Å²) in [4.78, 5) is 30.7. The van der Waals surface area contributed by atoms with Crippen molar-refractivity contribution in [2.45, 2.75) is 19.4 Å². The number of halogens is 1. The lowest BCUT2D eigenvalue weighted by Gasteiger charge is -2.31. The number of aliphatic hydroxyl groups is 1. The number of carbonyl (C=O) groups excluding carboxylic acids is 1. The smallest absolute Gasteiger partial charge is 0.310 e. The van der Waals surface area contributed by atoms with E-state index in [9.17, 15) is 9.59 Å². The number of hydrogen-bond acceptors (Lipinski definition) is 5. The molecule has 0 unspecified atom stereocenters. The Bertz CT molecular complexity index is 749. The lowest BCUT2D eigenvalue weighted by molar-refractivity contribution is -0.133. The molecule has 2 aromatic heterocycles. The van der Waals surface area contributed by atoms with Gasteiger partial charge in [0.1, 0.15) is 11.4 Å². The number of pyridine rings is 1. The van der Waals surface area contributed by atoms with Crippen molar-refractivity contribution in [3.63, 3.8) is 0 Å². The number of thiazole rings is 1. The molecule has 0 spiro atoms. The van der Waals surface area contributed by atoms with Crippen molar-refractivity contribution >= 4 is 39.2 Å². The van der Waals surface area contributed by atoms with Crippen LogP contribution in [0.5, 0.6) is 0 Å². The predicted molar refractivity (Wildman–Crippen MR) is 85.3 cm³/mol. The number of likely N-dealkylation sites (tertiary alicyclic amines) is 1. The van der Waals surface area contributed by atoms with Crippen LogP contribution in [-0.2, 0) is 11.3 Å². The molecule has 0 atom stereocenters. The van der Waals surface area contributed by atoms with Crippen LogP contribution in [0.2, 0.25) is 5.02 Å². The molecule has 1 fully saturated rings. The van der Waals surface area contributed by atoms with Gasteiger partial charge in [-0.25, -0.2) is 4.98 Å². The first-order chi connectivity index (χ1) is 10.6. The number of fused-ring (bicyclic) bond motifs is 1. The zero-order valence-electron chi connectivity index (χ0n) is 11.9. The van der Waals surface area contributed by atoms with E-state index >= 15 is 0 Å². The average Bonchev–Trinajstić information content (AvgIpc) is 2.83. The summed E-state index contributed by atoms with van der Waals surface area (Å²) >= 11 is 6.94. The molecule has 0 saturated carbocycles. The van der Waals surface area contributed by atoms with E-state index in [-0.39, 0.29) is 29.8 Å². The van der Waals surface area contributed by atoms with Crippen molar-refractivity contribution in [2.75, 3.05) is 19.7 Å². The van der Waals surface area contributed by atoms with Gasteiger partial charge >= 0.3 is 4.87 Å². The summed E-state index contributed by atoms with van der Waals surface area (Å²) in [6, 6.07) is 1.66. The van der Waals surface area contributed by atoms with Gasteiger partial charge in [-0.15, -0.1) is 0 Å². The second kappa shape index (κ2) is 6.36. The maximum absolute atomic E-state index is 12.4. The van der Waals surface area contributed by atoms with Gasteiger partial charge in [0.2, 0.25) is 5.91 Å². The summed E-state index contributed by atoms with van der Waals surface area (Å²) in [5.74, 6) is 0.190. The van der Waals surface area contributed by atoms with E-state index in [4.69, 9.17) is 16.7 Å². The molecule has 0 bridgehead atoms. The Kier molecular flexibility index (Phi) is 4.46. The number of aliphatic hydroxyl groups excluding tert-OH is 1. The molecule has 0 aromatic carbocycles. The molecule has 1 aliphatic rings. The second-order valence-corrected chi connectivity index (χ2v) is 6.82. The van der Waals surface area contributed by atoms with Gasteiger partial charge in [-0.05, 0) is 24.8 Å². The fraction of sp³-hybridized carbons (Fsp3) is 0.500. The molecule has 0 radical (unpaired) electrons. The first-order valence-corrected chi connectivity index (χ1v) is 8.31. The number of hydrogen-bond donors (Lipinski definition) is 1. The van der Waals surface area contributed by atoms with Gasteiger partial charge < -0.3 is 10.0 Å². The van der Waals surface area contributed by atoms with Crippen LogP contribution in [0.15, 0.2) is 17.1 Å². The molecule has 1 N–H and O–H groups in total. The van der Waals surface area contributed by atoms with Crippen LogP contribution in [0.1, 0.15) is 12.8 Å². The molecule has 1 amide bonds. The number of carbonyl (C=O) groups is 1. The summed E-state index contributed by atoms with van der Waals surface area (Å²) in [6.07, 6.45) is 3.09. The lowest BCUT2D eigenvalue weighted by atomic mass is 9.98. The first kappa shape index (κ1) is 15.5. The van der Waals surface area contributed by atoms with Gasteiger partial charge in [0.25, 0.3) is 0 Å². The Morgan fingerprint density at radius 3 is 2.86 bits per heavy atom. The van der Waals surface area contributed by atoms with E-state index in [1.54, 1.807) is 11.0 Å². The average molecular weight is 342 g/mol. The maximum atomic E-state index is 12.4. The zero-order chi connectivity index (χ0) is 15.7. The third-order valence-electron chi connectivity index (χ3n) is 4.01. The van der Waals surface area contributed by atoms with Crippen LogP contribution in [0.3, 0.4) is 0 Å². The van der Waals surface area contributed by atoms with Gasteiger partial charge in [-0.1, -0.05) is 22.9 Å². The van der Waals surface area contributed by atoms with Crippen molar-refractivity contribution in [1.29, 1.82) is 0 Å². The molecule has 0 aliphatic carbocycles. The van der Waals surface area contributed by atoms with Crippen LogP contribution in [-0.4, -0.2) is 45.2 Å². The highest BCUT2D eigenvalue weighted by atomic mass is 35.5. The van der Waals surface area contributed by atoms with E-state index < -0.39 is 0 Å². The minimum absolute atomic E-state index is 0.00461. The Balaban J connectivity index is 1.78. The van der Waals surface area contributed by atoms with Crippen molar-refractivity contribution in [2.24, 2.45) is 5.92 Å². The number of piperidine rings is 1. The SMILES string of the molecule is O=C(Cn1c(=O)sc2ncc(Cl)cc21)N1CCC(CO)CC1. The minimum atomic E-state index is -0.205. The predicted octanol–water partition coefficient (Wildman–Crippen LogP) is 1.34. The van der Waals surface area contributed by atoms with Gasteiger partial charge in [-0.3, -0.25) is 14.2 Å². The topological polar surface area (TPSA) is 75.4 Å². The van der Waals surface area contributed by atoms with E-state index in [0.29, 0.717) is 28.5 Å². The van der Waals surface area contributed by atoms with Crippen LogP contribution in [0.4, 0.5) is 0 Å². The third kappa shape index (κ3) is 3.02. The van der Waals surface area contributed by atoms with Crippen LogP contribution in [0, 0.1) is 5.92 Å². The fourth-order valence-electron chi connectivity index (χ4n) is 2.67. The van der Waals surface area contributed by atoms with Crippen LogP contribution >= 0.6 is 22.9 Å². The summed E-state index contributed by atoms with van der Waals surface area (Å²) in [6.45, 7) is 1.42. The molecule has 1 aliphatic heterocycles. The molecule has 8 heteroatoms. The van der Waals surface area contributed by atoms with Crippen molar-refractivity contribution < 1.29 is 9.90 Å². The van der Waals surface area contributed by atoms with Crippen molar-refractivity contribution in [1.82, 2.24) is 14.5 Å². The second-order valence-electron chi connectivity index (χ2n) is 5.44. The van der Waals surface area contributed by atoms with Gasteiger partial charge in [-0.2, -0.15) is 0 Å². The fourth-order valence-corrected chi connectivity index (χ4v) is 3.64. The molecular formula is C14H16ClN3O3S. The summed E-state index contributed by atoms with van der Waals surface area (Å²) < 4.78 is 1.43. The highest BCUT2D eigenvalue weighted by molar-refractivity contribution is 7.16. The summed E-state index contributed by atoms with van der Waals surface area (Å²) in [5, 5.41) is 9.58. The summed E-state index contributed by atoms with van der Waals surface area (Å²) in [5.41, 5.74) is 0.598. The Morgan fingerprint density at radius 1 is 1.45 bits per heavy atom. The monoisotopic (exact) mass is 341 g/mol. The number of aromatic nitrogens is 2. The summed E-state index contributed by atoms with van der Waals surface area (Å²) in [7, 11) is 0. The van der Waals surface area contributed by atoms with Crippen LogP contribution < -0.4 is 4.87 Å². The molecule has 6 nitrogen and oxygen atoms in total. The molecule has 2 aromatic rings. The standard InChI is InChI=1S/C14H16ClN3O3S/c15-10-5-11-13(16-6-10)22-14(21)18(11)7-12(20)17-3-1-9(8-19)2-4-17/h5-6,9,19H,1-4,7-8H2. The van der Waals surface area contributed by atoms with Crippen molar-refractivity contribution in [3.05, 3.63) is 27.0 Å². The molecule has 3 rings (SSSR count). The Hall–Kier alpha value is -1.44. The minimum Gasteiger partial charge on any atom is -0.396 e. The van der Waals surface area contributed by atoms with E-state index in [2.05, 4.69) is 4.98 Å². The number of rotatable bonds is 3. The highest BCUT2D eigenvalue weighted by Gasteiger charge is 2.23. The molecule has 22 heavy (non-hydrogen) atoms. The highest BCUT2D eigenvalue weighted by Crippen LogP contribution is 2.20. The normalized spacial score (nSPS) is 16.4. The first-order valence-electron chi connectivity index (χ1n) is 7.12. The largest absolute Gasteiger partial charge is 0.396 e. The van der Waals surface area contributed by atoms with Gasteiger partial charge in [0.05, 0.1) is 10.5 Å². The van der Waals surface area contributed by atoms with Gasteiger partial charge in [0.15, 0.2) is 0 Å². The van der Waals surface area contributed by atoms with Crippen LogP contribution in [0.25, 0.3) is 10.3 Å². The van der Waals surface area contributed by atoms with E-state index in [1.807, 2.05) is 0 Å². The molecule has 3 heterocycles. The zero-order valence-corrected chi connectivity index (χ0v) is 13.4. The third-order valence-corrected chi connectivity index (χ3v) is 5.12. The molecule has 118 valence electrons.